The number of nitrogens with zero attached hydrogens (tertiary/aromatic N) is 1. The molecule has 2 aromatic carbocycles. The summed E-state index contributed by atoms with van der Waals surface area (Å²) in [6.45, 7) is 4.84. The van der Waals surface area contributed by atoms with E-state index in [1.165, 1.54) is 28.8 Å². The van der Waals surface area contributed by atoms with E-state index in [0.29, 0.717) is 11.0 Å². The summed E-state index contributed by atoms with van der Waals surface area (Å²) in [6.07, 6.45) is 0. The lowest BCUT2D eigenvalue weighted by atomic mass is 10.1. The number of halogens is 1. The van der Waals surface area contributed by atoms with Gasteiger partial charge in [0.15, 0.2) is 0 Å². The molecule has 0 radical (unpaired) electrons. The second-order valence-electron chi connectivity index (χ2n) is 4.69. The SMILES string of the molecule is Cc1ccc(CNc2ccc([N+](=O)[O-])cc2Br)cc1C. The Bertz CT molecular complexity index is 656. The minimum Gasteiger partial charge on any atom is -0.380 e. The molecule has 104 valence electrons. The molecule has 5 heteroatoms. The molecule has 0 atom stereocenters. The van der Waals surface area contributed by atoms with Crippen molar-refractivity contribution in [2.24, 2.45) is 0 Å². The van der Waals surface area contributed by atoms with Crippen LogP contribution in [0.1, 0.15) is 16.7 Å². The predicted molar refractivity (Wildman–Crippen MR) is 84.0 cm³/mol. The van der Waals surface area contributed by atoms with Crippen LogP contribution >= 0.6 is 15.9 Å². The molecule has 0 bridgehead atoms. The van der Waals surface area contributed by atoms with Gasteiger partial charge in [-0.2, -0.15) is 0 Å². The molecule has 1 N–H and O–H groups in total. The van der Waals surface area contributed by atoms with Crippen LogP contribution in [0.2, 0.25) is 0 Å². The minimum absolute atomic E-state index is 0.0774. The van der Waals surface area contributed by atoms with E-state index in [4.69, 9.17) is 0 Å². The average molecular weight is 335 g/mol. The summed E-state index contributed by atoms with van der Waals surface area (Å²) < 4.78 is 0.690. The molecule has 0 aliphatic heterocycles. The third-order valence-corrected chi connectivity index (χ3v) is 3.87. The summed E-state index contributed by atoms with van der Waals surface area (Å²) in [5, 5.41) is 14.0. The molecule has 0 aliphatic carbocycles. The van der Waals surface area contributed by atoms with Crippen LogP contribution < -0.4 is 5.32 Å². The maximum Gasteiger partial charge on any atom is 0.270 e. The number of benzene rings is 2. The first-order chi connectivity index (χ1) is 9.47. The van der Waals surface area contributed by atoms with Crippen molar-refractivity contribution in [3.8, 4) is 0 Å². The zero-order chi connectivity index (χ0) is 14.7. The second kappa shape index (κ2) is 6.05. The third kappa shape index (κ3) is 3.36. The molecular weight excluding hydrogens is 320 g/mol. The standard InChI is InChI=1S/C15H15BrN2O2/c1-10-3-4-12(7-11(10)2)9-17-15-6-5-13(18(19)20)8-14(15)16/h3-8,17H,9H2,1-2H3. The number of hydrogen-bond donors (Lipinski definition) is 1. The van der Waals surface area contributed by atoms with Crippen molar-refractivity contribution in [1.29, 1.82) is 0 Å². The summed E-state index contributed by atoms with van der Waals surface area (Å²) in [7, 11) is 0. The number of aryl methyl sites for hydroxylation is 2. The van der Waals surface area contributed by atoms with E-state index in [0.717, 1.165) is 5.69 Å². The number of nitrogens with one attached hydrogen (secondary N) is 1. The van der Waals surface area contributed by atoms with Gasteiger partial charge in [0, 0.05) is 28.8 Å². The van der Waals surface area contributed by atoms with Crippen LogP contribution in [0.25, 0.3) is 0 Å². The molecule has 0 amide bonds. The van der Waals surface area contributed by atoms with Crippen LogP contribution in [0.4, 0.5) is 11.4 Å². The van der Waals surface area contributed by atoms with E-state index in [-0.39, 0.29) is 5.69 Å². The lowest BCUT2D eigenvalue weighted by molar-refractivity contribution is -0.384. The molecule has 20 heavy (non-hydrogen) atoms. The molecule has 0 saturated carbocycles. The van der Waals surface area contributed by atoms with Crippen LogP contribution in [-0.2, 0) is 6.54 Å². The second-order valence-corrected chi connectivity index (χ2v) is 5.55. The van der Waals surface area contributed by atoms with Gasteiger partial charge in [-0.15, -0.1) is 0 Å². The van der Waals surface area contributed by atoms with Crippen molar-refractivity contribution in [3.05, 3.63) is 67.7 Å². The summed E-state index contributed by atoms with van der Waals surface area (Å²) in [4.78, 5) is 10.3. The predicted octanol–water partition coefficient (Wildman–Crippen LogP) is 4.59. The number of rotatable bonds is 4. The van der Waals surface area contributed by atoms with E-state index in [2.05, 4.69) is 53.3 Å². The van der Waals surface area contributed by atoms with E-state index in [1.54, 1.807) is 6.07 Å². The lowest BCUT2D eigenvalue weighted by Crippen LogP contribution is -2.01. The van der Waals surface area contributed by atoms with Crippen molar-refractivity contribution >= 4 is 27.3 Å². The largest absolute Gasteiger partial charge is 0.380 e. The van der Waals surface area contributed by atoms with Crippen LogP contribution in [0.5, 0.6) is 0 Å². The van der Waals surface area contributed by atoms with Crippen molar-refractivity contribution in [1.82, 2.24) is 0 Å². The lowest BCUT2D eigenvalue weighted by Gasteiger charge is -2.10. The van der Waals surface area contributed by atoms with E-state index >= 15 is 0 Å². The van der Waals surface area contributed by atoms with Gasteiger partial charge in [-0.3, -0.25) is 10.1 Å². The van der Waals surface area contributed by atoms with Gasteiger partial charge in [0.25, 0.3) is 5.69 Å². The highest BCUT2D eigenvalue weighted by Gasteiger charge is 2.08. The van der Waals surface area contributed by atoms with Gasteiger partial charge in [-0.05, 0) is 52.5 Å². The molecule has 0 unspecified atom stereocenters. The van der Waals surface area contributed by atoms with Crippen molar-refractivity contribution < 1.29 is 4.92 Å². The number of anilines is 1. The first-order valence-electron chi connectivity index (χ1n) is 6.21. The Hall–Kier alpha value is -1.88. The Labute approximate surface area is 126 Å². The summed E-state index contributed by atoms with van der Waals surface area (Å²) in [5.41, 5.74) is 4.62. The zero-order valence-electron chi connectivity index (χ0n) is 11.3. The quantitative estimate of drug-likeness (QED) is 0.657. The highest BCUT2D eigenvalue weighted by molar-refractivity contribution is 9.10. The molecule has 0 saturated heterocycles. The van der Waals surface area contributed by atoms with Crippen LogP contribution in [0.3, 0.4) is 0 Å². The van der Waals surface area contributed by atoms with Gasteiger partial charge in [0.05, 0.1) is 4.92 Å². The summed E-state index contributed by atoms with van der Waals surface area (Å²) >= 11 is 3.35. The Balaban J connectivity index is 2.10. The maximum atomic E-state index is 10.7. The van der Waals surface area contributed by atoms with Crippen molar-refractivity contribution in [2.75, 3.05) is 5.32 Å². The Morgan fingerprint density at radius 1 is 1.15 bits per heavy atom. The van der Waals surface area contributed by atoms with Crippen molar-refractivity contribution in [3.63, 3.8) is 0 Å². The molecule has 4 nitrogen and oxygen atoms in total. The van der Waals surface area contributed by atoms with E-state index in [9.17, 15) is 10.1 Å². The maximum absolute atomic E-state index is 10.7. The highest BCUT2D eigenvalue weighted by atomic mass is 79.9. The summed E-state index contributed by atoms with van der Waals surface area (Å²) in [6, 6.07) is 11.0. The molecule has 2 rings (SSSR count). The van der Waals surface area contributed by atoms with Gasteiger partial charge in [0.1, 0.15) is 0 Å². The molecule has 0 aromatic heterocycles. The first-order valence-corrected chi connectivity index (χ1v) is 7.00. The number of non-ortho nitro benzene ring substituents is 1. The fourth-order valence-corrected chi connectivity index (χ4v) is 2.38. The molecular formula is C15H15BrN2O2. The minimum atomic E-state index is -0.405. The first kappa shape index (κ1) is 14.5. The van der Waals surface area contributed by atoms with Crippen LogP contribution in [0.15, 0.2) is 40.9 Å². The molecule has 0 fully saturated rings. The number of nitro benzene ring substituents is 1. The Morgan fingerprint density at radius 2 is 1.90 bits per heavy atom. The highest BCUT2D eigenvalue weighted by Crippen LogP contribution is 2.27. The van der Waals surface area contributed by atoms with Crippen LogP contribution in [-0.4, -0.2) is 4.92 Å². The van der Waals surface area contributed by atoms with Gasteiger partial charge in [-0.25, -0.2) is 0 Å². The van der Waals surface area contributed by atoms with Gasteiger partial charge >= 0.3 is 0 Å². The molecule has 0 aliphatic rings. The third-order valence-electron chi connectivity index (χ3n) is 3.22. The zero-order valence-corrected chi connectivity index (χ0v) is 12.9. The summed E-state index contributed by atoms with van der Waals surface area (Å²) in [5.74, 6) is 0. The smallest absolute Gasteiger partial charge is 0.270 e. The Morgan fingerprint density at radius 3 is 2.50 bits per heavy atom. The molecule has 0 spiro atoms. The van der Waals surface area contributed by atoms with Crippen LogP contribution in [0, 0.1) is 24.0 Å². The number of nitro groups is 1. The topological polar surface area (TPSA) is 55.2 Å². The Kier molecular flexibility index (Phi) is 4.39. The van der Waals surface area contributed by atoms with Gasteiger partial charge in [-0.1, -0.05) is 18.2 Å². The van der Waals surface area contributed by atoms with E-state index in [1.807, 2.05) is 0 Å². The molecule has 0 heterocycles. The fourth-order valence-electron chi connectivity index (χ4n) is 1.87. The normalized spacial score (nSPS) is 10.3. The van der Waals surface area contributed by atoms with E-state index < -0.39 is 4.92 Å². The number of hydrogen-bond acceptors (Lipinski definition) is 3. The van der Waals surface area contributed by atoms with Crippen molar-refractivity contribution in [2.45, 2.75) is 20.4 Å². The fraction of sp³-hybridized carbons (Fsp3) is 0.200. The monoisotopic (exact) mass is 334 g/mol. The average Bonchev–Trinajstić information content (AvgIpc) is 2.41. The van der Waals surface area contributed by atoms with Gasteiger partial charge in [0.2, 0.25) is 0 Å². The molecule has 2 aromatic rings. The van der Waals surface area contributed by atoms with Gasteiger partial charge < -0.3 is 5.32 Å².